The summed E-state index contributed by atoms with van der Waals surface area (Å²) in [6.07, 6.45) is 0. The van der Waals surface area contributed by atoms with Crippen molar-refractivity contribution in [3.8, 4) is 0 Å². The van der Waals surface area contributed by atoms with E-state index >= 15 is 0 Å². The molecule has 0 aliphatic rings. The molecule has 0 bridgehead atoms. The fourth-order valence-corrected chi connectivity index (χ4v) is 1.85. The van der Waals surface area contributed by atoms with Crippen LogP contribution in [-0.2, 0) is 10.1 Å². The van der Waals surface area contributed by atoms with Gasteiger partial charge in [0.2, 0.25) is 11.9 Å². The van der Waals surface area contributed by atoms with Crippen molar-refractivity contribution in [2.45, 2.75) is 4.90 Å². The Bertz CT molecular complexity index is 770. The number of H-pyrrole nitrogens is 1. The average Bonchev–Trinajstić information content (AvgIpc) is 2.26. The molecule has 2 rings (SSSR count). The van der Waals surface area contributed by atoms with E-state index in [1.807, 2.05) is 0 Å². The summed E-state index contributed by atoms with van der Waals surface area (Å²) in [4.78, 5) is 20.1. The third kappa shape index (κ3) is 3.26. The van der Waals surface area contributed by atoms with Crippen LogP contribution in [0.3, 0.4) is 0 Å². The first-order chi connectivity index (χ1) is 8.84. The molecule has 5 N–H and O–H groups in total. The first-order valence-corrected chi connectivity index (χ1v) is 6.37. The SMILES string of the molecule is Nc1nc(Nc2cccc(S(=O)(=O)O)c2)nc(=O)[nH]1. The highest BCUT2D eigenvalue weighted by Crippen LogP contribution is 2.17. The molecule has 0 unspecified atom stereocenters. The molecule has 0 spiro atoms. The summed E-state index contributed by atoms with van der Waals surface area (Å²) in [5.41, 5.74) is 4.91. The first-order valence-electron chi connectivity index (χ1n) is 4.93. The van der Waals surface area contributed by atoms with Gasteiger partial charge in [0.15, 0.2) is 0 Å². The van der Waals surface area contributed by atoms with Gasteiger partial charge in [-0.1, -0.05) is 6.07 Å². The standard InChI is InChI=1S/C9H9N5O4S/c10-7-12-8(14-9(15)13-7)11-5-2-1-3-6(4-5)19(16,17)18/h1-4H,(H,16,17,18)(H4,10,11,12,13,14,15). The van der Waals surface area contributed by atoms with Gasteiger partial charge >= 0.3 is 5.69 Å². The fraction of sp³-hybridized carbons (Fsp3) is 0. The molecule has 0 fully saturated rings. The minimum absolute atomic E-state index is 0.0891. The maximum atomic E-state index is 11.1. The van der Waals surface area contributed by atoms with Crippen molar-refractivity contribution in [2.75, 3.05) is 11.1 Å². The van der Waals surface area contributed by atoms with Crippen LogP contribution in [0.5, 0.6) is 0 Å². The highest BCUT2D eigenvalue weighted by molar-refractivity contribution is 7.85. The van der Waals surface area contributed by atoms with Crippen molar-refractivity contribution in [3.63, 3.8) is 0 Å². The first kappa shape index (κ1) is 13.0. The summed E-state index contributed by atoms with van der Waals surface area (Å²) in [6.45, 7) is 0. The number of hydrogen-bond donors (Lipinski definition) is 4. The summed E-state index contributed by atoms with van der Waals surface area (Å²) >= 11 is 0. The minimum atomic E-state index is -4.31. The molecule has 2 aromatic rings. The number of nitrogens with zero attached hydrogens (tertiary/aromatic N) is 2. The number of anilines is 3. The van der Waals surface area contributed by atoms with Gasteiger partial charge in [-0.05, 0) is 18.2 Å². The fourth-order valence-electron chi connectivity index (χ4n) is 1.32. The third-order valence-corrected chi connectivity index (χ3v) is 2.91. The summed E-state index contributed by atoms with van der Waals surface area (Å²) in [7, 11) is -4.31. The Morgan fingerprint density at radius 3 is 2.68 bits per heavy atom. The molecule has 0 aliphatic carbocycles. The van der Waals surface area contributed by atoms with E-state index in [-0.39, 0.29) is 22.5 Å². The van der Waals surface area contributed by atoms with Gasteiger partial charge in [-0.15, -0.1) is 0 Å². The summed E-state index contributed by atoms with van der Waals surface area (Å²) in [6, 6.07) is 5.29. The van der Waals surface area contributed by atoms with Crippen LogP contribution in [0.2, 0.25) is 0 Å². The van der Waals surface area contributed by atoms with Gasteiger partial charge in [0.1, 0.15) is 0 Å². The second kappa shape index (κ2) is 4.66. The topological polar surface area (TPSA) is 151 Å². The Kier molecular flexibility index (Phi) is 3.19. The number of benzene rings is 1. The normalized spacial score (nSPS) is 11.2. The predicted octanol–water partition coefficient (Wildman–Crippen LogP) is -0.263. The molecule has 1 aromatic heterocycles. The van der Waals surface area contributed by atoms with Gasteiger partial charge in [0.25, 0.3) is 10.1 Å². The van der Waals surface area contributed by atoms with E-state index in [9.17, 15) is 13.2 Å². The van der Waals surface area contributed by atoms with E-state index in [0.29, 0.717) is 0 Å². The van der Waals surface area contributed by atoms with E-state index in [0.717, 1.165) is 6.07 Å². The summed E-state index contributed by atoms with van der Waals surface area (Å²) in [5, 5.41) is 2.60. The molecule has 0 saturated carbocycles. The second-order valence-corrected chi connectivity index (χ2v) is 4.91. The van der Waals surface area contributed by atoms with Crippen LogP contribution in [0.4, 0.5) is 17.6 Å². The highest BCUT2D eigenvalue weighted by Gasteiger charge is 2.10. The molecule has 9 nitrogen and oxygen atoms in total. The average molecular weight is 283 g/mol. The lowest BCUT2D eigenvalue weighted by molar-refractivity contribution is 0.483. The van der Waals surface area contributed by atoms with Gasteiger partial charge in [0.05, 0.1) is 4.90 Å². The van der Waals surface area contributed by atoms with Crippen LogP contribution in [0.1, 0.15) is 0 Å². The number of nitrogens with two attached hydrogens (primary N) is 1. The largest absolute Gasteiger partial charge is 0.369 e. The molecule has 0 radical (unpaired) electrons. The van der Waals surface area contributed by atoms with Crippen LogP contribution >= 0.6 is 0 Å². The van der Waals surface area contributed by atoms with Crippen molar-refractivity contribution in [2.24, 2.45) is 0 Å². The number of rotatable bonds is 3. The molecular formula is C9H9N5O4S. The molecule has 1 aromatic carbocycles. The van der Waals surface area contributed by atoms with Crippen molar-refractivity contribution in [1.29, 1.82) is 0 Å². The second-order valence-electron chi connectivity index (χ2n) is 3.49. The summed E-state index contributed by atoms with van der Waals surface area (Å²) < 4.78 is 30.8. The number of aromatic nitrogens is 3. The van der Waals surface area contributed by atoms with E-state index < -0.39 is 15.8 Å². The third-order valence-electron chi connectivity index (χ3n) is 2.06. The summed E-state index contributed by atoms with van der Waals surface area (Å²) in [5.74, 6) is -0.220. The number of nitrogen functional groups attached to an aromatic ring is 1. The number of nitrogens with one attached hydrogen (secondary N) is 2. The Morgan fingerprint density at radius 1 is 1.32 bits per heavy atom. The number of aromatic amines is 1. The van der Waals surface area contributed by atoms with Crippen LogP contribution in [0.25, 0.3) is 0 Å². The lowest BCUT2D eigenvalue weighted by Crippen LogP contribution is -2.16. The Hall–Kier alpha value is -2.46. The maximum Gasteiger partial charge on any atom is 0.350 e. The van der Waals surface area contributed by atoms with E-state index in [4.69, 9.17) is 10.3 Å². The molecule has 19 heavy (non-hydrogen) atoms. The van der Waals surface area contributed by atoms with Crippen molar-refractivity contribution >= 4 is 27.7 Å². The molecule has 0 aliphatic heterocycles. The highest BCUT2D eigenvalue weighted by atomic mass is 32.2. The molecule has 0 amide bonds. The maximum absolute atomic E-state index is 11.1. The quantitative estimate of drug-likeness (QED) is 0.562. The zero-order valence-electron chi connectivity index (χ0n) is 9.36. The Morgan fingerprint density at radius 2 is 2.05 bits per heavy atom. The lowest BCUT2D eigenvalue weighted by Gasteiger charge is -2.05. The van der Waals surface area contributed by atoms with E-state index in [1.54, 1.807) is 0 Å². The molecule has 10 heteroatoms. The smallest absolute Gasteiger partial charge is 0.350 e. The van der Waals surface area contributed by atoms with Crippen LogP contribution in [0, 0.1) is 0 Å². The lowest BCUT2D eigenvalue weighted by atomic mass is 10.3. The van der Waals surface area contributed by atoms with Gasteiger partial charge < -0.3 is 11.1 Å². The molecule has 1 heterocycles. The van der Waals surface area contributed by atoms with Crippen LogP contribution < -0.4 is 16.7 Å². The van der Waals surface area contributed by atoms with E-state index in [2.05, 4.69) is 20.3 Å². The number of hydrogen-bond acceptors (Lipinski definition) is 7. The van der Waals surface area contributed by atoms with Gasteiger partial charge in [-0.3, -0.25) is 9.54 Å². The van der Waals surface area contributed by atoms with E-state index in [1.165, 1.54) is 18.2 Å². The van der Waals surface area contributed by atoms with Gasteiger partial charge in [-0.25, -0.2) is 4.79 Å². The van der Waals surface area contributed by atoms with Crippen LogP contribution in [0.15, 0.2) is 34.0 Å². The molecular weight excluding hydrogens is 274 g/mol. The zero-order valence-corrected chi connectivity index (χ0v) is 10.2. The molecule has 100 valence electrons. The van der Waals surface area contributed by atoms with Crippen molar-refractivity contribution in [3.05, 3.63) is 34.7 Å². The Balaban J connectivity index is 2.36. The van der Waals surface area contributed by atoms with Gasteiger partial charge in [-0.2, -0.15) is 18.4 Å². The Labute approximate surface area is 107 Å². The van der Waals surface area contributed by atoms with Gasteiger partial charge in [0, 0.05) is 5.69 Å². The monoisotopic (exact) mass is 283 g/mol. The van der Waals surface area contributed by atoms with Crippen molar-refractivity contribution in [1.82, 2.24) is 15.0 Å². The predicted molar refractivity (Wildman–Crippen MR) is 66.6 cm³/mol. The molecule has 0 saturated heterocycles. The zero-order chi connectivity index (χ0) is 14.0. The minimum Gasteiger partial charge on any atom is -0.369 e. The van der Waals surface area contributed by atoms with Crippen molar-refractivity contribution < 1.29 is 13.0 Å². The van der Waals surface area contributed by atoms with Crippen LogP contribution in [-0.4, -0.2) is 27.9 Å². The molecule has 0 atom stereocenters.